The summed E-state index contributed by atoms with van der Waals surface area (Å²) in [6, 6.07) is 11.8. The second-order valence-corrected chi connectivity index (χ2v) is 12.3. The topological polar surface area (TPSA) is 90.4 Å². The number of nitrogens with zero attached hydrogens (tertiary/aromatic N) is 5. The molecular weight excluding hydrogens is 528 g/mol. The Bertz CT molecular complexity index is 1270. The van der Waals surface area contributed by atoms with Gasteiger partial charge in [-0.25, -0.2) is 4.98 Å². The minimum absolute atomic E-state index is 0.0612. The number of hydrogen-bond donors (Lipinski definition) is 1. The van der Waals surface area contributed by atoms with Gasteiger partial charge >= 0.3 is 0 Å². The van der Waals surface area contributed by atoms with Crippen molar-refractivity contribution in [3.63, 3.8) is 0 Å². The number of ether oxygens (including phenoxy) is 1. The van der Waals surface area contributed by atoms with Crippen LogP contribution >= 0.6 is 0 Å². The summed E-state index contributed by atoms with van der Waals surface area (Å²) in [7, 11) is 0. The molecule has 0 radical (unpaired) electrons. The van der Waals surface area contributed by atoms with Crippen LogP contribution in [0.2, 0.25) is 0 Å². The van der Waals surface area contributed by atoms with Gasteiger partial charge in [0.05, 0.1) is 5.69 Å². The quantitative estimate of drug-likeness (QED) is 0.538. The van der Waals surface area contributed by atoms with Crippen LogP contribution in [0.3, 0.4) is 0 Å². The number of amides is 2. The number of likely N-dealkylation sites (tertiary alicyclic amines) is 1. The number of rotatable bonds is 7. The molecule has 6 rings (SSSR count). The maximum Gasteiger partial charge on any atom is 0.278 e. The highest BCUT2D eigenvalue weighted by Crippen LogP contribution is 2.39. The van der Waals surface area contributed by atoms with E-state index in [1.807, 2.05) is 47.5 Å². The molecule has 9 heteroatoms. The van der Waals surface area contributed by atoms with Crippen LogP contribution in [0.25, 0.3) is 0 Å². The van der Waals surface area contributed by atoms with E-state index < -0.39 is 0 Å². The Hall–Kier alpha value is -3.30. The number of piperazine rings is 1. The molecule has 224 valence electrons. The van der Waals surface area contributed by atoms with Crippen LogP contribution in [-0.4, -0.2) is 90.4 Å². The van der Waals surface area contributed by atoms with Crippen molar-refractivity contribution in [2.45, 2.75) is 70.4 Å². The van der Waals surface area contributed by atoms with Crippen LogP contribution < -0.4 is 15.0 Å². The smallest absolute Gasteiger partial charge is 0.278 e. The number of carbonyl (C=O) groups excluding carboxylic acids is 2. The Balaban J connectivity index is 1.18. The molecule has 4 heterocycles. The van der Waals surface area contributed by atoms with Gasteiger partial charge < -0.3 is 19.9 Å². The first-order chi connectivity index (χ1) is 20.5. The molecule has 2 saturated heterocycles. The van der Waals surface area contributed by atoms with Gasteiger partial charge in [0.15, 0.2) is 0 Å². The standard InChI is InChI=1S/C33H44N6O3/c1-24-23-38(17-14-34-24)33(41)26-10-12-28(13-11-26)39-29-21-31(42-19-18-37-15-6-3-7-16-37)35-22-27(29)20-30(39)36-32(40)25-8-4-2-5-9-25/h2,4-5,8-9,21-22,24,26,28,34H,3,6-7,10-20,23H2,1H3/t24-,26?,28?/m0/s1. The number of amidine groups is 1. The number of pyridine rings is 1. The van der Waals surface area contributed by atoms with Crippen molar-refractivity contribution in [2.24, 2.45) is 10.9 Å². The Morgan fingerprint density at radius 3 is 2.60 bits per heavy atom. The molecule has 1 N–H and O–H groups in total. The molecule has 0 unspecified atom stereocenters. The van der Waals surface area contributed by atoms with Crippen LogP contribution in [0.5, 0.6) is 5.88 Å². The monoisotopic (exact) mass is 572 g/mol. The van der Waals surface area contributed by atoms with Crippen LogP contribution in [0.1, 0.15) is 67.8 Å². The van der Waals surface area contributed by atoms with Crippen molar-refractivity contribution in [3.8, 4) is 5.88 Å². The van der Waals surface area contributed by atoms with Crippen molar-refractivity contribution in [2.75, 3.05) is 50.8 Å². The van der Waals surface area contributed by atoms with E-state index in [0.717, 1.165) is 82.0 Å². The summed E-state index contributed by atoms with van der Waals surface area (Å²) in [4.78, 5) is 42.5. The van der Waals surface area contributed by atoms with Gasteiger partial charge in [0.2, 0.25) is 11.8 Å². The Kier molecular flexibility index (Phi) is 9.15. The normalized spacial score (nSPS) is 25.8. The van der Waals surface area contributed by atoms with Crippen molar-refractivity contribution in [1.82, 2.24) is 20.1 Å². The summed E-state index contributed by atoms with van der Waals surface area (Å²) < 4.78 is 6.14. The largest absolute Gasteiger partial charge is 0.476 e. The second-order valence-electron chi connectivity index (χ2n) is 12.3. The molecule has 1 aromatic carbocycles. The lowest BCUT2D eigenvalue weighted by molar-refractivity contribution is -0.137. The fourth-order valence-electron chi connectivity index (χ4n) is 6.99. The molecule has 1 atom stereocenters. The maximum atomic E-state index is 13.3. The number of aliphatic imine (C=N–C) groups is 1. The van der Waals surface area contributed by atoms with Gasteiger partial charge in [-0.2, -0.15) is 4.99 Å². The number of hydrogen-bond acceptors (Lipinski definition) is 6. The summed E-state index contributed by atoms with van der Waals surface area (Å²) in [5.74, 6) is 1.50. The third-order valence-corrected chi connectivity index (χ3v) is 9.27. The van der Waals surface area contributed by atoms with E-state index in [0.29, 0.717) is 36.4 Å². The highest BCUT2D eigenvalue weighted by Gasteiger charge is 2.38. The zero-order valence-corrected chi connectivity index (χ0v) is 24.8. The van der Waals surface area contributed by atoms with Gasteiger partial charge in [-0.3, -0.25) is 14.5 Å². The summed E-state index contributed by atoms with van der Waals surface area (Å²) in [6.07, 6.45) is 9.74. The van der Waals surface area contributed by atoms with E-state index in [1.54, 1.807) is 0 Å². The van der Waals surface area contributed by atoms with Crippen molar-refractivity contribution in [1.29, 1.82) is 0 Å². The Labute approximate surface area is 249 Å². The fraction of sp³-hybridized carbons (Fsp3) is 0.576. The predicted octanol–water partition coefficient (Wildman–Crippen LogP) is 3.93. The number of anilines is 1. The summed E-state index contributed by atoms with van der Waals surface area (Å²) in [5.41, 5.74) is 2.68. The summed E-state index contributed by atoms with van der Waals surface area (Å²) in [6.45, 7) is 8.37. The minimum Gasteiger partial charge on any atom is -0.476 e. The Morgan fingerprint density at radius 1 is 1.05 bits per heavy atom. The van der Waals surface area contributed by atoms with Gasteiger partial charge in [-0.05, 0) is 70.7 Å². The SMILES string of the molecule is C[C@H]1CN(C(=O)C2CCC(N3C(=NC(=O)c4ccccc4)Cc4cnc(OCCN5CCCCC5)cc43)CC2)CCN1. The number of fused-ring (bicyclic) bond motifs is 1. The van der Waals surface area contributed by atoms with E-state index in [1.165, 1.54) is 19.3 Å². The molecule has 1 saturated carbocycles. The number of carbonyl (C=O) groups is 2. The van der Waals surface area contributed by atoms with E-state index in [9.17, 15) is 9.59 Å². The summed E-state index contributed by atoms with van der Waals surface area (Å²) >= 11 is 0. The zero-order chi connectivity index (χ0) is 28.9. The van der Waals surface area contributed by atoms with Gasteiger partial charge in [0, 0.05) is 74.0 Å². The third-order valence-electron chi connectivity index (χ3n) is 9.27. The second kappa shape index (κ2) is 13.3. The maximum absolute atomic E-state index is 13.3. The first kappa shape index (κ1) is 28.8. The van der Waals surface area contributed by atoms with E-state index in [2.05, 4.69) is 32.0 Å². The number of benzene rings is 1. The molecule has 1 aromatic heterocycles. The minimum atomic E-state index is -0.230. The number of aromatic nitrogens is 1. The molecule has 9 nitrogen and oxygen atoms in total. The number of nitrogens with one attached hydrogen (secondary N) is 1. The third kappa shape index (κ3) is 6.68. The van der Waals surface area contributed by atoms with E-state index in [4.69, 9.17) is 4.74 Å². The lowest BCUT2D eigenvalue weighted by atomic mass is 9.84. The van der Waals surface area contributed by atoms with Gasteiger partial charge in [-0.1, -0.05) is 24.6 Å². The number of piperidine rings is 1. The average molecular weight is 573 g/mol. The van der Waals surface area contributed by atoms with E-state index in [-0.39, 0.29) is 17.9 Å². The van der Waals surface area contributed by atoms with E-state index >= 15 is 0 Å². The lowest BCUT2D eigenvalue weighted by Crippen LogP contribution is -2.53. The molecule has 0 bridgehead atoms. The fourth-order valence-corrected chi connectivity index (χ4v) is 6.99. The molecular formula is C33H44N6O3. The zero-order valence-electron chi connectivity index (χ0n) is 24.8. The lowest BCUT2D eigenvalue weighted by Gasteiger charge is -2.39. The highest BCUT2D eigenvalue weighted by atomic mass is 16.5. The molecule has 3 aliphatic heterocycles. The molecule has 42 heavy (non-hydrogen) atoms. The molecule has 3 fully saturated rings. The molecule has 2 amide bonds. The Morgan fingerprint density at radius 2 is 1.83 bits per heavy atom. The predicted molar refractivity (Wildman–Crippen MR) is 164 cm³/mol. The van der Waals surface area contributed by atoms with Crippen molar-refractivity contribution < 1.29 is 14.3 Å². The highest BCUT2D eigenvalue weighted by molar-refractivity contribution is 6.12. The van der Waals surface area contributed by atoms with Gasteiger partial charge in [-0.15, -0.1) is 0 Å². The molecule has 2 aromatic rings. The average Bonchev–Trinajstić information content (AvgIpc) is 3.38. The van der Waals surface area contributed by atoms with Crippen LogP contribution in [0, 0.1) is 5.92 Å². The van der Waals surface area contributed by atoms with Crippen LogP contribution in [0.4, 0.5) is 5.69 Å². The summed E-state index contributed by atoms with van der Waals surface area (Å²) in [5, 5.41) is 3.43. The van der Waals surface area contributed by atoms with Crippen molar-refractivity contribution in [3.05, 3.63) is 53.7 Å². The molecule has 1 aliphatic carbocycles. The van der Waals surface area contributed by atoms with Gasteiger partial charge in [0.1, 0.15) is 12.4 Å². The van der Waals surface area contributed by atoms with Crippen LogP contribution in [0.15, 0.2) is 47.6 Å². The van der Waals surface area contributed by atoms with Crippen molar-refractivity contribution >= 4 is 23.3 Å². The molecule has 0 spiro atoms. The van der Waals surface area contributed by atoms with Gasteiger partial charge in [0.25, 0.3) is 5.91 Å². The first-order valence-electron chi connectivity index (χ1n) is 15.9. The molecule has 4 aliphatic rings. The first-order valence-corrected chi connectivity index (χ1v) is 15.9. The van der Waals surface area contributed by atoms with Crippen LogP contribution in [-0.2, 0) is 11.2 Å².